The minimum atomic E-state index is -1.37. The van der Waals surface area contributed by atoms with Crippen LogP contribution < -0.4 is 15.4 Å². The summed E-state index contributed by atoms with van der Waals surface area (Å²) in [7, 11) is 3.13. The van der Waals surface area contributed by atoms with Crippen molar-refractivity contribution in [2.75, 3.05) is 23.9 Å². The summed E-state index contributed by atoms with van der Waals surface area (Å²) in [6.07, 6.45) is 0. The average Bonchev–Trinajstić information content (AvgIpc) is 3.04. The zero-order valence-electron chi connectivity index (χ0n) is 14.0. The maximum Gasteiger partial charge on any atom is 0.351 e. The quantitative estimate of drug-likeness (QED) is 0.662. The van der Waals surface area contributed by atoms with E-state index in [0.29, 0.717) is 25.4 Å². The second kappa shape index (κ2) is 7.22. The number of anilines is 2. The summed E-state index contributed by atoms with van der Waals surface area (Å²) in [6, 6.07) is 7.18. The Morgan fingerprint density at radius 3 is 2.41 bits per heavy atom. The van der Waals surface area contributed by atoms with Gasteiger partial charge in [-0.15, -0.1) is 11.3 Å². The van der Waals surface area contributed by atoms with Crippen molar-refractivity contribution in [2.24, 2.45) is 0 Å². The van der Waals surface area contributed by atoms with E-state index in [-0.39, 0.29) is 11.6 Å². The van der Waals surface area contributed by atoms with Gasteiger partial charge in [-0.25, -0.2) is 14.4 Å². The highest BCUT2D eigenvalue weighted by molar-refractivity contribution is 7.22. The van der Waals surface area contributed by atoms with Crippen molar-refractivity contribution in [3.05, 3.63) is 56.4 Å². The molecular weight excluding hydrogens is 415 g/mol. The standard InChI is InChI=1S/C17H12Cl2N2O5S/c1-20(8-3-4-10(18)11(19)5-8)17(25)21(2)14-7-12-13(27-14)6-9(15(22)23)16(24)26-12/h3-7H,1-2H3,(H,22,23). The van der Waals surface area contributed by atoms with Crippen LogP contribution in [0.5, 0.6) is 0 Å². The normalized spacial score (nSPS) is 10.8. The average molecular weight is 427 g/mol. The molecule has 1 aromatic carbocycles. The number of hydrogen-bond acceptors (Lipinski definition) is 5. The van der Waals surface area contributed by atoms with Crippen LogP contribution in [0, 0.1) is 0 Å². The van der Waals surface area contributed by atoms with Gasteiger partial charge in [-0.3, -0.25) is 9.80 Å². The molecule has 0 bridgehead atoms. The molecule has 10 heteroatoms. The molecular formula is C17H12Cl2N2O5S. The molecule has 3 rings (SSSR count). The molecule has 2 aromatic heterocycles. The number of urea groups is 1. The molecule has 7 nitrogen and oxygen atoms in total. The van der Waals surface area contributed by atoms with E-state index in [1.54, 1.807) is 32.3 Å². The number of hydrogen-bond donors (Lipinski definition) is 1. The van der Waals surface area contributed by atoms with Crippen molar-refractivity contribution in [2.45, 2.75) is 0 Å². The lowest BCUT2D eigenvalue weighted by atomic mass is 10.3. The molecule has 0 unspecified atom stereocenters. The Morgan fingerprint density at radius 2 is 1.78 bits per heavy atom. The highest BCUT2D eigenvalue weighted by Crippen LogP contribution is 2.33. The summed E-state index contributed by atoms with van der Waals surface area (Å²) < 4.78 is 5.47. The number of rotatable bonds is 3. The summed E-state index contributed by atoms with van der Waals surface area (Å²) in [6.45, 7) is 0. The fourth-order valence-electron chi connectivity index (χ4n) is 2.34. The number of benzene rings is 1. The minimum absolute atomic E-state index is 0.210. The van der Waals surface area contributed by atoms with E-state index in [1.165, 1.54) is 21.9 Å². The predicted octanol–water partition coefficient (Wildman–Crippen LogP) is 4.55. The number of nitrogens with zero attached hydrogens (tertiary/aromatic N) is 2. The lowest BCUT2D eigenvalue weighted by Crippen LogP contribution is -2.38. The van der Waals surface area contributed by atoms with Gasteiger partial charge in [0.1, 0.15) is 10.6 Å². The van der Waals surface area contributed by atoms with Crippen molar-refractivity contribution >= 4 is 67.5 Å². The first-order valence-corrected chi connectivity index (χ1v) is 9.03. The van der Waals surface area contributed by atoms with Crippen LogP contribution in [0.25, 0.3) is 10.3 Å². The third-order valence-corrected chi connectivity index (χ3v) is 5.71. The monoisotopic (exact) mass is 426 g/mol. The Kier molecular flexibility index (Phi) is 5.14. The van der Waals surface area contributed by atoms with Gasteiger partial charge in [0.15, 0.2) is 5.58 Å². The van der Waals surface area contributed by atoms with E-state index in [9.17, 15) is 14.4 Å². The Hall–Kier alpha value is -2.55. The second-order valence-corrected chi connectivity index (χ2v) is 7.44. The van der Waals surface area contributed by atoms with Gasteiger partial charge in [0.25, 0.3) is 0 Å². The Labute approximate surface area is 166 Å². The molecule has 2 amide bonds. The molecule has 0 aliphatic rings. The zero-order valence-corrected chi connectivity index (χ0v) is 16.4. The van der Waals surface area contributed by atoms with E-state index in [2.05, 4.69) is 0 Å². The van der Waals surface area contributed by atoms with Crippen molar-refractivity contribution in [1.82, 2.24) is 0 Å². The maximum absolute atomic E-state index is 12.8. The van der Waals surface area contributed by atoms with Gasteiger partial charge < -0.3 is 9.52 Å². The largest absolute Gasteiger partial charge is 0.477 e. The number of fused-ring (bicyclic) bond motifs is 1. The van der Waals surface area contributed by atoms with Gasteiger partial charge in [0, 0.05) is 25.8 Å². The fourth-order valence-corrected chi connectivity index (χ4v) is 3.62. The molecule has 0 saturated carbocycles. The van der Waals surface area contributed by atoms with Crippen LogP contribution in [0.1, 0.15) is 10.4 Å². The number of carboxylic acids is 1. The molecule has 0 atom stereocenters. The zero-order chi connectivity index (χ0) is 19.9. The third-order valence-electron chi connectivity index (χ3n) is 3.84. The maximum atomic E-state index is 12.8. The van der Waals surface area contributed by atoms with Gasteiger partial charge in [-0.05, 0) is 24.3 Å². The number of carbonyl (C=O) groups is 2. The first-order chi connectivity index (χ1) is 12.7. The van der Waals surface area contributed by atoms with Gasteiger partial charge in [0.2, 0.25) is 0 Å². The molecule has 0 radical (unpaired) electrons. The van der Waals surface area contributed by atoms with E-state index in [0.717, 1.165) is 11.3 Å². The number of amides is 2. The summed E-state index contributed by atoms with van der Waals surface area (Å²) in [5.41, 5.74) is -0.650. The topological polar surface area (TPSA) is 91.1 Å². The molecule has 0 spiro atoms. The summed E-state index contributed by atoms with van der Waals surface area (Å²) >= 11 is 13.0. The van der Waals surface area contributed by atoms with Gasteiger partial charge in [-0.1, -0.05) is 23.2 Å². The minimum Gasteiger partial charge on any atom is -0.477 e. The molecule has 2 heterocycles. The fraction of sp³-hybridized carbons (Fsp3) is 0.118. The van der Waals surface area contributed by atoms with E-state index < -0.39 is 17.2 Å². The number of aromatic carboxylic acids is 1. The van der Waals surface area contributed by atoms with Crippen molar-refractivity contribution in [3.8, 4) is 0 Å². The first-order valence-electron chi connectivity index (χ1n) is 7.46. The van der Waals surface area contributed by atoms with Crippen LogP contribution >= 0.6 is 34.5 Å². The Bertz CT molecular complexity index is 1120. The van der Waals surface area contributed by atoms with Crippen LogP contribution in [-0.4, -0.2) is 31.2 Å². The van der Waals surface area contributed by atoms with Crippen LogP contribution in [-0.2, 0) is 0 Å². The lowest BCUT2D eigenvalue weighted by Gasteiger charge is -2.24. The van der Waals surface area contributed by atoms with Crippen LogP contribution in [0.2, 0.25) is 10.0 Å². The molecule has 140 valence electrons. The lowest BCUT2D eigenvalue weighted by molar-refractivity contribution is 0.0692. The van der Waals surface area contributed by atoms with Crippen molar-refractivity contribution < 1.29 is 19.1 Å². The molecule has 1 N–H and O–H groups in total. The predicted molar refractivity (Wildman–Crippen MR) is 106 cm³/mol. The van der Waals surface area contributed by atoms with E-state index in [4.69, 9.17) is 32.7 Å². The van der Waals surface area contributed by atoms with Gasteiger partial charge in [-0.2, -0.15) is 0 Å². The summed E-state index contributed by atoms with van der Waals surface area (Å²) in [5, 5.41) is 10.2. The Balaban J connectivity index is 1.93. The SMILES string of the molecule is CN(C(=O)N(C)c1cc2oc(=O)c(C(=O)O)cc2s1)c1ccc(Cl)c(Cl)c1. The number of carboxylic acid groups (broad SMARTS) is 1. The number of halogens is 2. The highest BCUT2D eigenvalue weighted by atomic mass is 35.5. The number of carbonyl (C=O) groups excluding carboxylic acids is 1. The third kappa shape index (κ3) is 3.64. The van der Waals surface area contributed by atoms with Crippen LogP contribution in [0.15, 0.2) is 39.5 Å². The summed E-state index contributed by atoms with van der Waals surface area (Å²) in [4.78, 5) is 38.2. The van der Waals surface area contributed by atoms with E-state index in [1.807, 2.05) is 0 Å². The molecule has 0 aliphatic heterocycles. The van der Waals surface area contributed by atoms with Crippen molar-refractivity contribution in [3.63, 3.8) is 0 Å². The molecule has 3 aromatic rings. The number of thiophene rings is 1. The van der Waals surface area contributed by atoms with Crippen molar-refractivity contribution in [1.29, 1.82) is 0 Å². The first kappa shape index (κ1) is 19.2. The molecule has 27 heavy (non-hydrogen) atoms. The van der Waals surface area contributed by atoms with Gasteiger partial charge in [0.05, 0.1) is 14.7 Å². The second-order valence-electron chi connectivity index (χ2n) is 5.56. The molecule has 0 fully saturated rings. The Morgan fingerprint density at radius 1 is 1.07 bits per heavy atom. The smallest absolute Gasteiger partial charge is 0.351 e. The highest BCUT2D eigenvalue weighted by Gasteiger charge is 2.21. The van der Waals surface area contributed by atoms with Crippen LogP contribution in [0.3, 0.4) is 0 Å². The van der Waals surface area contributed by atoms with E-state index >= 15 is 0 Å². The molecule has 0 saturated heterocycles. The molecule has 0 aliphatic carbocycles. The van der Waals surface area contributed by atoms with Crippen LogP contribution in [0.4, 0.5) is 15.5 Å². The van der Waals surface area contributed by atoms with Gasteiger partial charge >= 0.3 is 17.6 Å². The summed E-state index contributed by atoms with van der Waals surface area (Å²) in [5.74, 6) is -1.37.